The first kappa shape index (κ1) is 7.78. The summed E-state index contributed by atoms with van der Waals surface area (Å²) in [6.07, 6.45) is 1.56. The smallest absolute Gasteiger partial charge is 0.425 e. The Morgan fingerprint density at radius 1 is 1.71 bits per heavy atom. The molecule has 0 spiro atoms. The number of hydrogen-bond acceptors (Lipinski definition) is 4. The van der Waals surface area contributed by atoms with Crippen molar-refractivity contribution in [3.05, 3.63) is 6.20 Å². The monoisotopic (exact) mass is 140 g/mol. The van der Waals surface area contributed by atoms with Gasteiger partial charge in [-0.25, -0.2) is 16.0 Å². The number of hydrogen-bond donors (Lipinski definition) is 0. The molecule has 0 radical (unpaired) electrons. The largest absolute Gasteiger partial charge is 1.00 e. The van der Waals surface area contributed by atoms with Gasteiger partial charge in [-0.1, -0.05) is 4.21 Å². The number of aromatic nitrogens is 2. The fourth-order valence-corrected chi connectivity index (χ4v) is 0.574. The van der Waals surface area contributed by atoms with E-state index in [2.05, 4.69) is 22.2 Å². The Morgan fingerprint density at radius 2 is 2.43 bits per heavy atom. The first-order chi connectivity index (χ1) is 2.89. The topological polar surface area (TPSA) is 25.8 Å². The molecule has 0 atom stereocenters. The van der Waals surface area contributed by atoms with Gasteiger partial charge in [0.25, 0.3) is 0 Å². The molecule has 1 aromatic heterocycles. The van der Waals surface area contributed by atoms with Crippen LogP contribution in [0, 0.1) is 0 Å². The van der Waals surface area contributed by atoms with E-state index in [1.807, 2.05) is 0 Å². The number of nitrogens with zero attached hydrogens (tertiary/aromatic N) is 2. The molecular formula is C2HN2NaS2. The molecular weight excluding hydrogens is 139 g/mol. The van der Waals surface area contributed by atoms with Crippen LogP contribution in [0.5, 0.6) is 0 Å². The van der Waals surface area contributed by atoms with Crippen molar-refractivity contribution >= 4 is 24.2 Å². The van der Waals surface area contributed by atoms with E-state index in [0.717, 1.165) is 4.21 Å². The van der Waals surface area contributed by atoms with Crippen LogP contribution >= 0.6 is 11.5 Å². The Bertz CT molecular complexity index is 117. The van der Waals surface area contributed by atoms with E-state index in [-0.39, 0.29) is 29.6 Å². The van der Waals surface area contributed by atoms with Crippen molar-refractivity contribution in [3.8, 4) is 0 Å². The van der Waals surface area contributed by atoms with E-state index in [1.165, 1.54) is 11.5 Å². The summed E-state index contributed by atoms with van der Waals surface area (Å²) in [5, 5.41) is 3.49. The molecule has 0 bridgehead atoms. The third-order valence-corrected chi connectivity index (χ3v) is 1.13. The minimum absolute atomic E-state index is 0. The molecule has 2 nitrogen and oxygen atoms in total. The second-order valence-electron chi connectivity index (χ2n) is 0.737. The average molecular weight is 140 g/mol. The predicted molar refractivity (Wildman–Crippen MR) is 25.5 cm³/mol. The zero-order valence-corrected chi connectivity index (χ0v) is 7.42. The Balaban J connectivity index is 0.000000360. The van der Waals surface area contributed by atoms with Crippen molar-refractivity contribution in [3.63, 3.8) is 0 Å². The maximum absolute atomic E-state index is 4.64. The molecule has 7 heavy (non-hydrogen) atoms. The summed E-state index contributed by atoms with van der Waals surface area (Å²) in [6.45, 7) is 0. The van der Waals surface area contributed by atoms with Crippen molar-refractivity contribution in [2.75, 3.05) is 0 Å². The Labute approximate surface area is 73.2 Å². The standard InChI is InChI=1S/C2H2N2S2.Na/c5-2-1-3-4-6-2;/h1,5H;/q;+1/p-1. The van der Waals surface area contributed by atoms with E-state index in [0.29, 0.717) is 0 Å². The van der Waals surface area contributed by atoms with Gasteiger partial charge in [-0.05, 0) is 0 Å². The molecule has 32 valence electrons. The molecule has 0 saturated heterocycles. The van der Waals surface area contributed by atoms with Crippen LogP contribution in [0.2, 0.25) is 0 Å². The van der Waals surface area contributed by atoms with Gasteiger partial charge in [-0.15, -0.1) is 0 Å². The molecule has 0 amide bonds. The second kappa shape index (κ2) is 3.74. The van der Waals surface area contributed by atoms with Crippen LogP contribution in [0.4, 0.5) is 0 Å². The molecule has 0 fully saturated rings. The Hall–Kier alpha value is 0.780. The second-order valence-corrected chi connectivity index (χ2v) is 2.22. The molecule has 0 aliphatic rings. The molecule has 0 aromatic carbocycles. The molecule has 1 heterocycles. The Morgan fingerprint density at radius 3 is 2.57 bits per heavy atom. The zero-order valence-electron chi connectivity index (χ0n) is 3.79. The maximum atomic E-state index is 4.64. The van der Waals surface area contributed by atoms with Crippen molar-refractivity contribution < 1.29 is 29.6 Å². The minimum atomic E-state index is 0. The van der Waals surface area contributed by atoms with E-state index in [4.69, 9.17) is 0 Å². The minimum Gasteiger partial charge on any atom is -0.425 e. The summed E-state index contributed by atoms with van der Waals surface area (Å²) in [7, 11) is 0. The first-order valence-corrected chi connectivity index (χ1v) is 2.52. The summed E-state index contributed by atoms with van der Waals surface area (Å²) in [5.41, 5.74) is 0. The molecule has 0 saturated carbocycles. The summed E-state index contributed by atoms with van der Waals surface area (Å²) in [5.74, 6) is 0. The van der Waals surface area contributed by atoms with Gasteiger partial charge in [0.1, 0.15) is 0 Å². The van der Waals surface area contributed by atoms with Crippen LogP contribution in [0.1, 0.15) is 0 Å². The third kappa shape index (κ3) is 2.56. The van der Waals surface area contributed by atoms with Crippen molar-refractivity contribution in [1.82, 2.24) is 9.59 Å². The summed E-state index contributed by atoms with van der Waals surface area (Å²) in [6, 6.07) is 0. The first-order valence-electron chi connectivity index (χ1n) is 1.34. The number of rotatable bonds is 0. The van der Waals surface area contributed by atoms with Crippen molar-refractivity contribution in [2.45, 2.75) is 4.21 Å². The fraction of sp³-hybridized carbons (Fsp3) is 0. The van der Waals surface area contributed by atoms with Crippen LogP contribution in [0.15, 0.2) is 10.4 Å². The normalized spacial score (nSPS) is 7.43. The molecule has 0 aliphatic heterocycles. The summed E-state index contributed by atoms with van der Waals surface area (Å²) in [4.78, 5) is 0. The van der Waals surface area contributed by atoms with Gasteiger partial charge in [0.05, 0.1) is 0 Å². The molecule has 0 unspecified atom stereocenters. The molecule has 0 aliphatic carbocycles. The van der Waals surface area contributed by atoms with Crippen LogP contribution in [0.25, 0.3) is 0 Å². The average Bonchev–Trinajstić information content (AvgIpc) is 1.86. The van der Waals surface area contributed by atoms with E-state index in [1.54, 1.807) is 6.20 Å². The van der Waals surface area contributed by atoms with Crippen LogP contribution in [-0.4, -0.2) is 9.59 Å². The van der Waals surface area contributed by atoms with Crippen molar-refractivity contribution in [1.29, 1.82) is 0 Å². The van der Waals surface area contributed by atoms with Gasteiger partial charge in [0.15, 0.2) is 0 Å². The van der Waals surface area contributed by atoms with Gasteiger partial charge in [-0.2, -0.15) is 5.10 Å². The van der Waals surface area contributed by atoms with E-state index >= 15 is 0 Å². The SMILES string of the molecule is [Na+].[S-]c1cnns1. The zero-order chi connectivity index (χ0) is 4.41. The summed E-state index contributed by atoms with van der Waals surface area (Å²) >= 11 is 5.87. The quantitative estimate of drug-likeness (QED) is 0.293. The van der Waals surface area contributed by atoms with Gasteiger partial charge < -0.3 is 12.6 Å². The molecule has 0 N–H and O–H groups in total. The summed E-state index contributed by atoms with van der Waals surface area (Å²) < 4.78 is 4.25. The Kier molecular flexibility index (Phi) is 4.16. The molecule has 1 rings (SSSR count). The van der Waals surface area contributed by atoms with E-state index in [9.17, 15) is 0 Å². The molecule has 5 heteroatoms. The van der Waals surface area contributed by atoms with E-state index < -0.39 is 0 Å². The van der Waals surface area contributed by atoms with Gasteiger partial charge in [0.2, 0.25) is 0 Å². The fourth-order valence-electron chi connectivity index (χ4n) is 0.158. The maximum Gasteiger partial charge on any atom is 1.00 e. The predicted octanol–water partition coefficient (Wildman–Crippen LogP) is -2.55. The van der Waals surface area contributed by atoms with Crippen molar-refractivity contribution in [2.24, 2.45) is 0 Å². The van der Waals surface area contributed by atoms with Crippen LogP contribution < -0.4 is 29.6 Å². The van der Waals surface area contributed by atoms with Gasteiger partial charge in [-0.3, -0.25) is 0 Å². The van der Waals surface area contributed by atoms with Crippen LogP contribution in [0.3, 0.4) is 0 Å². The third-order valence-electron chi connectivity index (χ3n) is 0.341. The van der Waals surface area contributed by atoms with Crippen LogP contribution in [-0.2, 0) is 12.6 Å². The molecule has 1 aromatic rings. The van der Waals surface area contributed by atoms with Gasteiger partial charge in [0, 0.05) is 6.20 Å². The van der Waals surface area contributed by atoms with Gasteiger partial charge >= 0.3 is 29.6 Å².